The van der Waals surface area contributed by atoms with Crippen molar-refractivity contribution in [2.45, 2.75) is 6.54 Å². The Morgan fingerprint density at radius 3 is 2.81 bits per heavy atom. The van der Waals surface area contributed by atoms with Crippen LogP contribution >= 0.6 is 23.4 Å². The van der Waals surface area contributed by atoms with Crippen molar-refractivity contribution in [2.75, 3.05) is 12.4 Å². The fourth-order valence-corrected chi connectivity index (χ4v) is 2.19. The van der Waals surface area contributed by atoms with Gasteiger partial charge >= 0.3 is 0 Å². The number of hydrogen-bond acceptors (Lipinski definition) is 4. The van der Waals surface area contributed by atoms with Crippen LogP contribution in [0.1, 0.15) is 5.76 Å². The summed E-state index contributed by atoms with van der Waals surface area (Å²) in [5, 5.41) is 1.13. The smallest absolute Gasteiger partial charge is 0.154 e. The normalized spacial score (nSPS) is 11.0. The van der Waals surface area contributed by atoms with E-state index < -0.39 is 0 Å². The number of thioether (sulfide) groups is 1. The zero-order valence-electron chi connectivity index (χ0n) is 11.2. The third-order valence-electron chi connectivity index (χ3n) is 2.40. The number of nitrogens with zero attached hydrogens (tertiary/aromatic N) is 1. The third kappa shape index (κ3) is 6.33. The van der Waals surface area contributed by atoms with Gasteiger partial charge in [0.2, 0.25) is 0 Å². The number of aliphatic imine (C=N–C) groups is 1. The standard InChI is InChI=1S/C14H15ClN2O2S.ClH/c15-12-5-1-2-6-13(12)19-8-9-20-14(16)17-10-11-4-3-7-18-11;/h1-7H,8-10H2,(H2,16,17);1H/p-1. The first-order chi connectivity index (χ1) is 9.75. The molecule has 21 heavy (non-hydrogen) atoms. The van der Waals surface area contributed by atoms with Gasteiger partial charge in [0.25, 0.3) is 0 Å². The quantitative estimate of drug-likeness (QED) is 0.472. The molecule has 1 aromatic heterocycles. The Hall–Kier alpha value is -1.30. The number of amidine groups is 1. The topological polar surface area (TPSA) is 60.8 Å². The molecular formula is C14H15Cl2N2O2S-. The number of furan rings is 1. The molecule has 0 amide bonds. The number of para-hydroxylation sites is 1. The van der Waals surface area contributed by atoms with Crippen molar-refractivity contribution < 1.29 is 21.6 Å². The Bertz CT molecular complexity index is 562. The van der Waals surface area contributed by atoms with Crippen molar-refractivity contribution in [3.63, 3.8) is 0 Å². The third-order valence-corrected chi connectivity index (χ3v) is 3.51. The Morgan fingerprint density at radius 1 is 1.29 bits per heavy atom. The van der Waals surface area contributed by atoms with Gasteiger partial charge < -0.3 is 27.3 Å². The molecule has 0 aliphatic carbocycles. The maximum absolute atomic E-state index is 5.98. The van der Waals surface area contributed by atoms with Crippen LogP contribution in [0.4, 0.5) is 0 Å². The highest BCUT2D eigenvalue weighted by molar-refractivity contribution is 8.13. The zero-order chi connectivity index (χ0) is 14.2. The second kappa shape index (κ2) is 9.60. The van der Waals surface area contributed by atoms with Crippen molar-refractivity contribution in [1.29, 1.82) is 0 Å². The molecule has 114 valence electrons. The summed E-state index contributed by atoms with van der Waals surface area (Å²) >= 11 is 7.42. The number of nitrogens with two attached hydrogens (primary N) is 1. The van der Waals surface area contributed by atoms with Gasteiger partial charge in [-0.05, 0) is 24.3 Å². The molecule has 0 fully saturated rings. The lowest BCUT2D eigenvalue weighted by atomic mass is 10.3. The van der Waals surface area contributed by atoms with Crippen LogP contribution in [-0.2, 0) is 6.54 Å². The van der Waals surface area contributed by atoms with Crippen molar-refractivity contribution in [3.8, 4) is 5.75 Å². The van der Waals surface area contributed by atoms with E-state index in [2.05, 4.69) is 4.99 Å². The van der Waals surface area contributed by atoms with Gasteiger partial charge in [-0.3, -0.25) is 4.99 Å². The molecule has 2 aromatic rings. The van der Waals surface area contributed by atoms with Crippen molar-refractivity contribution >= 4 is 28.5 Å². The highest BCUT2D eigenvalue weighted by Crippen LogP contribution is 2.23. The van der Waals surface area contributed by atoms with E-state index in [0.717, 1.165) is 5.76 Å². The van der Waals surface area contributed by atoms with E-state index >= 15 is 0 Å². The SMILES string of the molecule is NC(=NCc1ccco1)SCCOc1ccccc1Cl.[Cl-]. The lowest BCUT2D eigenvalue weighted by molar-refractivity contribution is -0.00000496. The summed E-state index contributed by atoms with van der Waals surface area (Å²) in [6.07, 6.45) is 1.62. The number of ether oxygens (including phenoxy) is 1. The van der Waals surface area contributed by atoms with Gasteiger partial charge in [0.15, 0.2) is 5.17 Å². The van der Waals surface area contributed by atoms with Crippen LogP contribution in [0.5, 0.6) is 5.75 Å². The van der Waals surface area contributed by atoms with E-state index in [4.69, 9.17) is 26.5 Å². The molecule has 4 nitrogen and oxygen atoms in total. The molecule has 0 saturated carbocycles. The van der Waals surface area contributed by atoms with Gasteiger partial charge in [0.1, 0.15) is 11.5 Å². The molecular weight excluding hydrogens is 331 g/mol. The number of benzene rings is 1. The Labute approximate surface area is 139 Å². The predicted octanol–water partition coefficient (Wildman–Crippen LogP) is 0.564. The highest BCUT2D eigenvalue weighted by atomic mass is 35.5. The summed E-state index contributed by atoms with van der Waals surface area (Å²) < 4.78 is 10.7. The van der Waals surface area contributed by atoms with E-state index in [1.54, 1.807) is 12.3 Å². The summed E-state index contributed by atoms with van der Waals surface area (Å²) in [6.45, 7) is 0.975. The van der Waals surface area contributed by atoms with Gasteiger partial charge in [-0.15, -0.1) is 0 Å². The maximum atomic E-state index is 5.98. The molecule has 0 saturated heterocycles. The summed E-state index contributed by atoms with van der Waals surface area (Å²) in [6, 6.07) is 11.1. The molecule has 0 spiro atoms. The van der Waals surface area contributed by atoms with Crippen LogP contribution in [0.3, 0.4) is 0 Å². The van der Waals surface area contributed by atoms with Gasteiger partial charge in [0.05, 0.1) is 24.4 Å². The van der Waals surface area contributed by atoms with Crippen molar-refractivity contribution in [3.05, 3.63) is 53.4 Å². The van der Waals surface area contributed by atoms with Crippen molar-refractivity contribution in [1.82, 2.24) is 0 Å². The van der Waals surface area contributed by atoms with E-state index in [1.807, 2.05) is 30.3 Å². The summed E-state index contributed by atoms with van der Waals surface area (Å²) in [7, 11) is 0. The molecule has 1 aromatic carbocycles. The minimum Gasteiger partial charge on any atom is -1.00 e. The first kappa shape index (κ1) is 17.8. The molecule has 7 heteroatoms. The molecule has 0 atom stereocenters. The lowest BCUT2D eigenvalue weighted by Gasteiger charge is -2.07. The Balaban J connectivity index is 0.00000220. The van der Waals surface area contributed by atoms with Gasteiger partial charge in [-0.25, -0.2) is 0 Å². The molecule has 2 rings (SSSR count). The molecule has 0 radical (unpaired) electrons. The van der Waals surface area contributed by atoms with Crippen LogP contribution in [0.25, 0.3) is 0 Å². The molecule has 2 N–H and O–H groups in total. The van der Waals surface area contributed by atoms with Gasteiger partial charge in [0, 0.05) is 5.75 Å². The largest absolute Gasteiger partial charge is 1.00 e. The minimum absolute atomic E-state index is 0. The minimum atomic E-state index is 0. The molecule has 1 heterocycles. The average Bonchev–Trinajstić information content (AvgIpc) is 2.96. The average molecular weight is 346 g/mol. The second-order valence-electron chi connectivity index (χ2n) is 3.86. The van der Waals surface area contributed by atoms with Gasteiger partial charge in [-0.1, -0.05) is 35.5 Å². The fraction of sp³-hybridized carbons (Fsp3) is 0.214. The first-order valence-electron chi connectivity index (χ1n) is 6.08. The highest BCUT2D eigenvalue weighted by Gasteiger charge is 2.00. The number of hydrogen-bond donors (Lipinski definition) is 1. The van der Waals surface area contributed by atoms with E-state index in [9.17, 15) is 0 Å². The van der Waals surface area contributed by atoms with Crippen LogP contribution in [0, 0.1) is 0 Å². The molecule has 0 bridgehead atoms. The monoisotopic (exact) mass is 345 g/mol. The van der Waals surface area contributed by atoms with Crippen LogP contribution in [-0.4, -0.2) is 17.5 Å². The molecule has 0 aliphatic heterocycles. The summed E-state index contributed by atoms with van der Waals surface area (Å²) in [4.78, 5) is 4.21. The van der Waals surface area contributed by atoms with Crippen molar-refractivity contribution in [2.24, 2.45) is 10.7 Å². The first-order valence-corrected chi connectivity index (χ1v) is 7.44. The van der Waals surface area contributed by atoms with E-state index in [-0.39, 0.29) is 12.4 Å². The van der Waals surface area contributed by atoms with Crippen LogP contribution in [0.2, 0.25) is 5.02 Å². The Kier molecular flexibility index (Phi) is 8.12. The lowest BCUT2D eigenvalue weighted by Crippen LogP contribution is -3.00. The number of rotatable bonds is 6. The van der Waals surface area contributed by atoms with E-state index in [0.29, 0.717) is 34.8 Å². The van der Waals surface area contributed by atoms with Crippen LogP contribution in [0.15, 0.2) is 52.1 Å². The molecule has 0 aliphatic rings. The van der Waals surface area contributed by atoms with Crippen LogP contribution < -0.4 is 22.9 Å². The number of halogens is 2. The Morgan fingerprint density at radius 2 is 2.10 bits per heavy atom. The summed E-state index contributed by atoms with van der Waals surface area (Å²) in [5.41, 5.74) is 5.79. The fourth-order valence-electron chi connectivity index (χ4n) is 1.46. The summed E-state index contributed by atoms with van der Waals surface area (Å²) in [5.74, 6) is 2.18. The van der Waals surface area contributed by atoms with Gasteiger partial charge in [-0.2, -0.15) is 0 Å². The predicted molar refractivity (Wildman–Crippen MR) is 83.4 cm³/mol. The second-order valence-corrected chi connectivity index (χ2v) is 5.38. The molecule has 0 unspecified atom stereocenters. The zero-order valence-corrected chi connectivity index (χ0v) is 13.5. The van der Waals surface area contributed by atoms with E-state index in [1.165, 1.54) is 11.8 Å². The maximum Gasteiger partial charge on any atom is 0.154 e.